The van der Waals surface area contributed by atoms with Crippen LogP contribution >= 0.6 is 11.8 Å². The van der Waals surface area contributed by atoms with Crippen molar-refractivity contribution in [3.63, 3.8) is 0 Å². The summed E-state index contributed by atoms with van der Waals surface area (Å²) < 4.78 is 7.23. The summed E-state index contributed by atoms with van der Waals surface area (Å²) in [6, 6.07) is 7.76. The van der Waals surface area contributed by atoms with Crippen LogP contribution < -0.4 is 5.56 Å². The summed E-state index contributed by atoms with van der Waals surface area (Å²) in [6.45, 7) is 6.06. The van der Waals surface area contributed by atoms with Crippen LogP contribution in [-0.2, 0) is 0 Å². The van der Waals surface area contributed by atoms with E-state index in [1.54, 1.807) is 0 Å². The van der Waals surface area contributed by atoms with Crippen LogP contribution in [0.2, 0.25) is 0 Å². The number of hydrogen-bond donors (Lipinski definition) is 0. The Balaban J connectivity index is 1.72. The second-order valence-corrected chi connectivity index (χ2v) is 8.03. The summed E-state index contributed by atoms with van der Waals surface area (Å²) in [7, 11) is 0. The average Bonchev–Trinajstić information content (AvgIpc) is 3.29. The van der Waals surface area contributed by atoms with E-state index < -0.39 is 0 Å². The fraction of sp³-hybridized carbons (Fsp3) is 0.444. The Hall–Kier alpha value is -2.15. The van der Waals surface area contributed by atoms with Crippen molar-refractivity contribution in [2.75, 3.05) is 0 Å². The molecule has 0 N–H and O–H groups in total. The third kappa shape index (κ3) is 3.08. The van der Waals surface area contributed by atoms with Gasteiger partial charge in [0.25, 0.3) is 5.56 Å². The monoisotopic (exact) mass is 356 g/mol. The van der Waals surface area contributed by atoms with Gasteiger partial charge < -0.3 is 4.52 Å². The summed E-state index contributed by atoms with van der Waals surface area (Å²) in [5.74, 6) is 1.49. The van der Waals surface area contributed by atoms with E-state index >= 15 is 0 Å². The minimum absolute atomic E-state index is 0.0381. The van der Waals surface area contributed by atoms with Gasteiger partial charge in [0.15, 0.2) is 11.0 Å². The van der Waals surface area contributed by atoms with Gasteiger partial charge in [-0.05, 0) is 31.9 Å². The third-order valence-corrected chi connectivity index (χ3v) is 5.35. The highest BCUT2D eigenvalue weighted by atomic mass is 32.2. The summed E-state index contributed by atoms with van der Waals surface area (Å²) in [4.78, 5) is 22.1. The third-order valence-electron chi connectivity index (χ3n) is 4.29. The van der Waals surface area contributed by atoms with Crippen molar-refractivity contribution in [2.24, 2.45) is 0 Å². The highest BCUT2D eigenvalue weighted by Crippen LogP contribution is 2.40. The van der Waals surface area contributed by atoms with E-state index in [4.69, 9.17) is 9.51 Å². The number of aromatic nitrogens is 4. The van der Waals surface area contributed by atoms with Gasteiger partial charge in [-0.3, -0.25) is 9.36 Å². The highest BCUT2D eigenvalue weighted by Gasteiger charge is 2.30. The molecule has 6 nitrogen and oxygen atoms in total. The van der Waals surface area contributed by atoms with Crippen molar-refractivity contribution in [1.29, 1.82) is 0 Å². The minimum atomic E-state index is -0.0712. The molecule has 4 rings (SSSR count). The first-order chi connectivity index (χ1) is 12.0. The Kier molecular flexibility index (Phi) is 4.11. The van der Waals surface area contributed by atoms with Gasteiger partial charge in [-0.1, -0.05) is 42.9 Å². The molecule has 1 fully saturated rings. The zero-order valence-corrected chi connectivity index (χ0v) is 15.3. The fourth-order valence-electron chi connectivity index (χ4n) is 2.72. The van der Waals surface area contributed by atoms with Crippen molar-refractivity contribution >= 4 is 22.7 Å². The molecule has 130 valence electrons. The van der Waals surface area contributed by atoms with E-state index in [1.165, 1.54) is 11.8 Å². The lowest BCUT2D eigenvalue weighted by Gasteiger charge is -2.14. The molecule has 0 aliphatic heterocycles. The van der Waals surface area contributed by atoms with E-state index in [1.807, 2.05) is 49.6 Å². The van der Waals surface area contributed by atoms with E-state index in [2.05, 4.69) is 10.1 Å². The second kappa shape index (κ2) is 6.29. The van der Waals surface area contributed by atoms with Crippen LogP contribution in [0.25, 0.3) is 10.9 Å². The first-order valence-electron chi connectivity index (χ1n) is 8.56. The molecule has 0 amide bonds. The molecular weight excluding hydrogens is 336 g/mol. The van der Waals surface area contributed by atoms with Gasteiger partial charge >= 0.3 is 0 Å². The van der Waals surface area contributed by atoms with Crippen molar-refractivity contribution in [3.8, 4) is 0 Å². The number of thioether (sulfide) groups is 1. The van der Waals surface area contributed by atoms with Crippen LogP contribution in [0.15, 0.2) is 38.7 Å². The van der Waals surface area contributed by atoms with Crippen molar-refractivity contribution in [3.05, 3.63) is 46.3 Å². The molecule has 3 aromatic rings. The Bertz CT molecular complexity index is 975. The van der Waals surface area contributed by atoms with Gasteiger partial charge in [-0.25, -0.2) is 4.98 Å². The zero-order chi connectivity index (χ0) is 17.6. The summed E-state index contributed by atoms with van der Waals surface area (Å²) in [6.07, 6.45) is 2.06. The van der Waals surface area contributed by atoms with Gasteiger partial charge in [-0.2, -0.15) is 4.98 Å². The Morgan fingerprint density at radius 1 is 1.20 bits per heavy atom. The van der Waals surface area contributed by atoms with Crippen molar-refractivity contribution in [2.45, 2.75) is 56.0 Å². The van der Waals surface area contributed by atoms with Crippen LogP contribution in [-0.4, -0.2) is 19.7 Å². The topological polar surface area (TPSA) is 73.8 Å². The molecule has 1 aliphatic carbocycles. The molecule has 1 aromatic carbocycles. The molecule has 0 unspecified atom stereocenters. The van der Waals surface area contributed by atoms with E-state index in [0.29, 0.717) is 17.1 Å². The molecular formula is C18H20N4O2S. The summed E-state index contributed by atoms with van der Waals surface area (Å²) in [5, 5.41) is 5.35. The standard InChI is InChI=1S/C18H20N4O2S/c1-10(2)15-20-16(24-21-15)11(3)25-18-19-14-7-5-4-6-13(14)17(23)22(18)12-8-9-12/h4-7,10-12H,8-9H2,1-3H3/t11-/m1/s1. The smallest absolute Gasteiger partial charge is 0.262 e. The number of rotatable bonds is 5. The van der Waals surface area contributed by atoms with Gasteiger partial charge in [0, 0.05) is 12.0 Å². The van der Waals surface area contributed by atoms with Gasteiger partial charge in [0.1, 0.15) is 0 Å². The summed E-state index contributed by atoms with van der Waals surface area (Å²) >= 11 is 1.50. The van der Waals surface area contributed by atoms with Gasteiger partial charge in [0.2, 0.25) is 5.89 Å². The zero-order valence-electron chi connectivity index (χ0n) is 14.5. The average molecular weight is 356 g/mol. The maximum atomic E-state index is 12.9. The number of benzene rings is 1. The SMILES string of the molecule is CC(C)c1noc([C@@H](C)Sc2nc3ccccc3c(=O)n2C2CC2)n1. The molecule has 25 heavy (non-hydrogen) atoms. The van der Waals surface area contributed by atoms with Gasteiger partial charge in [-0.15, -0.1) is 0 Å². The molecule has 0 bridgehead atoms. The maximum absolute atomic E-state index is 12.9. The lowest BCUT2D eigenvalue weighted by molar-refractivity contribution is 0.372. The largest absolute Gasteiger partial charge is 0.338 e. The van der Waals surface area contributed by atoms with Gasteiger partial charge in [0.05, 0.1) is 16.2 Å². The highest BCUT2D eigenvalue weighted by molar-refractivity contribution is 7.99. The normalized spacial score (nSPS) is 15.8. The molecule has 0 radical (unpaired) electrons. The first kappa shape index (κ1) is 16.3. The molecule has 0 saturated heterocycles. The Morgan fingerprint density at radius 2 is 1.96 bits per heavy atom. The van der Waals surface area contributed by atoms with Crippen LogP contribution in [0.4, 0.5) is 0 Å². The molecule has 7 heteroatoms. The number of nitrogens with zero attached hydrogens (tertiary/aromatic N) is 4. The molecule has 1 saturated carbocycles. The van der Waals surface area contributed by atoms with Crippen LogP contribution in [0.5, 0.6) is 0 Å². The molecule has 2 heterocycles. The van der Waals surface area contributed by atoms with Crippen molar-refractivity contribution in [1.82, 2.24) is 19.7 Å². The van der Waals surface area contributed by atoms with Crippen LogP contribution in [0, 0.1) is 0 Å². The summed E-state index contributed by atoms with van der Waals surface area (Å²) in [5.41, 5.74) is 0.767. The maximum Gasteiger partial charge on any atom is 0.262 e. The number of para-hydroxylation sites is 1. The van der Waals surface area contributed by atoms with Crippen LogP contribution in [0.3, 0.4) is 0 Å². The quantitative estimate of drug-likeness (QED) is 0.506. The second-order valence-electron chi connectivity index (χ2n) is 6.72. The molecule has 1 atom stereocenters. The number of fused-ring (bicyclic) bond motifs is 1. The van der Waals surface area contributed by atoms with E-state index in [-0.39, 0.29) is 22.8 Å². The fourth-order valence-corrected chi connectivity index (χ4v) is 3.73. The molecule has 1 aliphatic rings. The lowest BCUT2D eigenvalue weighted by atomic mass is 10.2. The lowest BCUT2D eigenvalue weighted by Crippen LogP contribution is -2.22. The van der Waals surface area contributed by atoms with E-state index in [9.17, 15) is 4.79 Å². The predicted octanol–water partition coefficient (Wildman–Crippen LogP) is 4.09. The first-order valence-corrected chi connectivity index (χ1v) is 9.44. The van der Waals surface area contributed by atoms with E-state index in [0.717, 1.165) is 23.5 Å². The predicted molar refractivity (Wildman–Crippen MR) is 96.9 cm³/mol. The number of hydrogen-bond acceptors (Lipinski definition) is 6. The molecule has 0 spiro atoms. The minimum Gasteiger partial charge on any atom is -0.338 e. The Labute approximate surface area is 149 Å². The van der Waals surface area contributed by atoms with Crippen LogP contribution in [0.1, 0.15) is 62.5 Å². The Morgan fingerprint density at radius 3 is 2.64 bits per heavy atom. The molecule has 2 aromatic heterocycles. The van der Waals surface area contributed by atoms with Crippen molar-refractivity contribution < 1.29 is 4.52 Å².